The second-order valence-corrected chi connectivity index (χ2v) is 14.0. The molecule has 2 aliphatic heterocycles. The lowest BCUT2D eigenvalue weighted by Gasteiger charge is -2.32. The number of rotatable bonds is 10. The number of nitrogens with zero attached hydrogens (tertiary/aromatic N) is 2. The van der Waals surface area contributed by atoms with Gasteiger partial charge in [-0.25, -0.2) is 0 Å². The lowest BCUT2D eigenvalue weighted by atomic mass is 9.87. The van der Waals surface area contributed by atoms with Gasteiger partial charge in [0.15, 0.2) is 0 Å². The minimum atomic E-state index is -0.0112. The number of amides is 2. The van der Waals surface area contributed by atoms with Crippen molar-refractivity contribution in [2.24, 2.45) is 5.92 Å². The summed E-state index contributed by atoms with van der Waals surface area (Å²) in [5.74, 6) is 3.32. The van der Waals surface area contributed by atoms with Crippen LogP contribution in [-0.2, 0) is 9.59 Å². The third kappa shape index (κ3) is 8.02. The Balaban J connectivity index is 1.05. The number of piperidine rings is 2. The predicted molar refractivity (Wildman–Crippen MR) is 189 cm³/mol. The van der Waals surface area contributed by atoms with Crippen LogP contribution < -0.4 is 9.47 Å². The average Bonchev–Trinajstić information content (AvgIpc) is 3.77. The molecule has 2 amide bonds. The first kappa shape index (κ1) is 33.1. The van der Waals surface area contributed by atoms with E-state index in [9.17, 15) is 9.59 Å². The fourth-order valence-corrected chi connectivity index (χ4v) is 8.23. The van der Waals surface area contributed by atoms with E-state index in [4.69, 9.17) is 9.47 Å². The molecule has 2 atom stereocenters. The van der Waals surface area contributed by atoms with E-state index in [0.717, 1.165) is 73.5 Å². The third-order valence-electron chi connectivity index (χ3n) is 11.0. The van der Waals surface area contributed by atoms with Crippen LogP contribution in [0.4, 0.5) is 0 Å². The van der Waals surface area contributed by atoms with Crippen LogP contribution in [0.1, 0.15) is 107 Å². The number of carbonyl (C=O) groups is 2. The van der Waals surface area contributed by atoms with Crippen LogP contribution in [0.25, 0.3) is 11.6 Å². The molecule has 3 fully saturated rings. The van der Waals surface area contributed by atoms with Crippen molar-refractivity contribution in [1.29, 1.82) is 0 Å². The molecule has 2 aliphatic carbocycles. The topological polar surface area (TPSA) is 59.1 Å². The molecule has 0 bridgehead atoms. The van der Waals surface area contributed by atoms with E-state index >= 15 is 0 Å². The molecule has 6 rings (SSSR count). The quantitative estimate of drug-likeness (QED) is 0.245. The van der Waals surface area contributed by atoms with Crippen molar-refractivity contribution < 1.29 is 19.1 Å². The number of hydrogen-bond acceptors (Lipinski definition) is 4. The Morgan fingerprint density at radius 3 is 2.15 bits per heavy atom. The van der Waals surface area contributed by atoms with Gasteiger partial charge in [-0.2, -0.15) is 0 Å². The molecule has 2 heterocycles. The first-order valence-corrected chi connectivity index (χ1v) is 18.1. The molecule has 1 saturated carbocycles. The zero-order chi connectivity index (χ0) is 32.8. The smallest absolute Gasteiger partial charge is 0.246 e. The summed E-state index contributed by atoms with van der Waals surface area (Å²) in [4.78, 5) is 29.1. The Morgan fingerprint density at radius 2 is 1.51 bits per heavy atom. The fraction of sp³-hybridized carbons (Fsp3) is 0.512. The van der Waals surface area contributed by atoms with Crippen molar-refractivity contribution in [3.8, 4) is 11.5 Å². The SMILES string of the molecule is C=CC(=O)N1CCC(Oc2ccc(/C=C/C(=O)N3CCC(Oc4cccc(C5CCCC5CC)c4)CC3)c(C3=C(C)CCC3)c2)CC1. The van der Waals surface area contributed by atoms with Gasteiger partial charge in [0.1, 0.15) is 23.7 Å². The zero-order valence-electron chi connectivity index (χ0n) is 28.4. The Bertz CT molecular complexity index is 1490. The zero-order valence-corrected chi connectivity index (χ0v) is 28.4. The highest BCUT2D eigenvalue weighted by Gasteiger charge is 2.28. The Morgan fingerprint density at radius 1 is 0.830 bits per heavy atom. The number of likely N-dealkylation sites (tertiary alicyclic amines) is 2. The molecule has 2 unspecified atom stereocenters. The van der Waals surface area contributed by atoms with E-state index in [1.165, 1.54) is 48.5 Å². The van der Waals surface area contributed by atoms with E-state index in [-0.39, 0.29) is 24.0 Å². The second-order valence-electron chi connectivity index (χ2n) is 14.0. The van der Waals surface area contributed by atoms with Gasteiger partial charge in [-0.05, 0) is 110 Å². The Kier molecular flexibility index (Phi) is 10.9. The summed E-state index contributed by atoms with van der Waals surface area (Å²) in [6.07, 6.45) is 17.1. The van der Waals surface area contributed by atoms with Gasteiger partial charge in [0.2, 0.25) is 11.8 Å². The highest BCUT2D eigenvalue weighted by molar-refractivity contribution is 5.93. The summed E-state index contributed by atoms with van der Waals surface area (Å²) in [5, 5.41) is 0. The highest BCUT2D eigenvalue weighted by Crippen LogP contribution is 2.42. The van der Waals surface area contributed by atoms with Crippen LogP contribution in [0.3, 0.4) is 0 Å². The van der Waals surface area contributed by atoms with Crippen molar-refractivity contribution in [2.75, 3.05) is 26.2 Å². The van der Waals surface area contributed by atoms with Crippen LogP contribution in [0.2, 0.25) is 0 Å². The van der Waals surface area contributed by atoms with Gasteiger partial charge in [0, 0.05) is 57.9 Å². The minimum absolute atomic E-state index is 0.0112. The highest BCUT2D eigenvalue weighted by atomic mass is 16.5. The minimum Gasteiger partial charge on any atom is -0.490 e. The van der Waals surface area contributed by atoms with Gasteiger partial charge in [0.25, 0.3) is 0 Å². The van der Waals surface area contributed by atoms with E-state index < -0.39 is 0 Å². The molecule has 0 N–H and O–H groups in total. The molecule has 2 aromatic rings. The van der Waals surface area contributed by atoms with Gasteiger partial charge < -0.3 is 19.3 Å². The average molecular weight is 637 g/mol. The van der Waals surface area contributed by atoms with Crippen molar-refractivity contribution in [3.63, 3.8) is 0 Å². The van der Waals surface area contributed by atoms with Gasteiger partial charge in [-0.3, -0.25) is 9.59 Å². The van der Waals surface area contributed by atoms with Crippen molar-refractivity contribution in [1.82, 2.24) is 9.80 Å². The molecule has 47 heavy (non-hydrogen) atoms. The van der Waals surface area contributed by atoms with Crippen LogP contribution in [0, 0.1) is 5.92 Å². The van der Waals surface area contributed by atoms with Crippen molar-refractivity contribution in [3.05, 3.63) is 83.5 Å². The first-order valence-electron chi connectivity index (χ1n) is 18.1. The largest absolute Gasteiger partial charge is 0.490 e. The van der Waals surface area contributed by atoms with Crippen LogP contribution >= 0.6 is 0 Å². The van der Waals surface area contributed by atoms with Crippen molar-refractivity contribution in [2.45, 2.75) is 103 Å². The van der Waals surface area contributed by atoms with Gasteiger partial charge in [-0.1, -0.05) is 50.1 Å². The molecule has 250 valence electrons. The monoisotopic (exact) mass is 636 g/mol. The summed E-state index contributed by atoms with van der Waals surface area (Å²) < 4.78 is 12.9. The normalized spacial score (nSPS) is 22.7. The summed E-state index contributed by atoms with van der Waals surface area (Å²) in [5.41, 5.74) is 6.43. The van der Waals surface area contributed by atoms with Crippen LogP contribution in [-0.4, -0.2) is 60.0 Å². The van der Waals surface area contributed by atoms with E-state index in [1.807, 2.05) is 21.9 Å². The van der Waals surface area contributed by atoms with Crippen LogP contribution in [0.15, 0.2) is 66.8 Å². The molecular formula is C41H52N2O4. The van der Waals surface area contributed by atoms with Gasteiger partial charge in [-0.15, -0.1) is 0 Å². The van der Waals surface area contributed by atoms with Crippen LogP contribution in [0.5, 0.6) is 11.5 Å². The maximum Gasteiger partial charge on any atom is 0.246 e. The third-order valence-corrected chi connectivity index (χ3v) is 11.0. The molecule has 0 spiro atoms. The molecular weight excluding hydrogens is 584 g/mol. The van der Waals surface area contributed by atoms with E-state index in [2.05, 4.69) is 56.8 Å². The van der Waals surface area contributed by atoms with Gasteiger partial charge in [0.05, 0.1) is 0 Å². The number of ether oxygens (including phenoxy) is 2. The van der Waals surface area contributed by atoms with Crippen molar-refractivity contribution >= 4 is 23.5 Å². The number of carbonyl (C=O) groups excluding carboxylic acids is 2. The summed E-state index contributed by atoms with van der Waals surface area (Å²) >= 11 is 0. The molecule has 0 aromatic heterocycles. The molecule has 6 nitrogen and oxygen atoms in total. The van der Waals surface area contributed by atoms with E-state index in [1.54, 1.807) is 6.08 Å². The fourth-order valence-electron chi connectivity index (χ4n) is 8.23. The lowest BCUT2D eigenvalue weighted by molar-refractivity contribution is -0.128. The molecule has 4 aliphatic rings. The lowest BCUT2D eigenvalue weighted by Crippen LogP contribution is -2.41. The number of allylic oxidation sites excluding steroid dienone is 2. The molecule has 2 aromatic carbocycles. The second kappa shape index (κ2) is 15.4. The number of hydrogen-bond donors (Lipinski definition) is 0. The summed E-state index contributed by atoms with van der Waals surface area (Å²) in [7, 11) is 0. The summed E-state index contributed by atoms with van der Waals surface area (Å²) in [6, 6.07) is 15.0. The molecule has 0 radical (unpaired) electrons. The standard InChI is InChI=1S/C41H52N2O4/c1-4-30-10-8-14-38(30)32-11-7-12-35(27-32)46-33-21-25-43(26-22-33)41(45)18-16-31-15-17-36(28-39(31)37-13-6-9-29(37)3)47-34-19-23-42(24-20-34)40(44)5-2/h5,7,11-12,15-18,27-28,30,33-34,38H,2,4,6,8-10,13-14,19-26H2,1,3H3/b18-16+. The van der Waals surface area contributed by atoms with E-state index in [0.29, 0.717) is 32.1 Å². The predicted octanol–water partition coefficient (Wildman–Crippen LogP) is 8.58. The Hall–Kier alpha value is -3.80. The van der Waals surface area contributed by atoms with Gasteiger partial charge >= 0.3 is 0 Å². The molecule has 2 saturated heterocycles. The Labute approximate surface area is 281 Å². The maximum atomic E-state index is 13.3. The maximum absolute atomic E-state index is 13.3. The molecule has 6 heteroatoms. The summed E-state index contributed by atoms with van der Waals surface area (Å²) in [6.45, 7) is 10.9. The number of benzene rings is 2. The first-order chi connectivity index (χ1) is 22.9.